The summed E-state index contributed by atoms with van der Waals surface area (Å²) in [5.41, 5.74) is 1.45. The van der Waals surface area contributed by atoms with Crippen molar-refractivity contribution < 1.29 is 4.42 Å². The molecule has 2 aromatic heterocycles. The molecule has 102 valence electrons. The molecule has 0 saturated heterocycles. The van der Waals surface area contributed by atoms with Gasteiger partial charge in [0.25, 0.3) is 5.89 Å². The zero-order valence-corrected chi connectivity index (χ0v) is 12.6. The molecule has 0 amide bonds. The summed E-state index contributed by atoms with van der Waals surface area (Å²) in [7, 11) is 0. The standard InChI is InChI=1S/C13H17N3OS2/c1-2-14-5-3-12-15-16-13(17-12)11-7-9-8-18-6-4-10(9)19-11/h7,14H,2-6,8H2,1H3. The first-order chi connectivity index (χ1) is 9.36. The third kappa shape index (κ3) is 3.01. The number of rotatable bonds is 5. The fourth-order valence-electron chi connectivity index (χ4n) is 2.08. The van der Waals surface area contributed by atoms with E-state index in [2.05, 4.69) is 28.5 Å². The molecule has 0 aliphatic carbocycles. The number of thiophene rings is 1. The lowest BCUT2D eigenvalue weighted by Crippen LogP contribution is -2.16. The molecule has 19 heavy (non-hydrogen) atoms. The van der Waals surface area contributed by atoms with Crippen molar-refractivity contribution in [3.63, 3.8) is 0 Å². The minimum Gasteiger partial charge on any atom is -0.420 e. The van der Waals surface area contributed by atoms with E-state index in [1.807, 2.05) is 11.8 Å². The van der Waals surface area contributed by atoms with Crippen molar-refractivity contribution in [2.24, 2.45) is 0 Å². The number of nitrogens with one attached hydrogen (secondary N) is 1. The summed E-state index contributed by atoms with van der Waals surface area (Å²) < 4.78 is 5.74. The molecule has 1 aliphatic heterocycles. The van der Waals surface area contributed by atoms with E-state index >= 15 is 0 Å². The Bertz CT molecular complexity index is 526. The van der Waals surface area contributed by atoms with Gasteiger partial charge in [0.1, 0.15) is 0 Å². The van der Waals surface area contributed by atoms with Crippen LogP contribution in [0, 0.1) is 0 Å². The van der Waals surface area contributed by atoms with E-state index in [-0.39, 0.29) is 0 Å². The number of likely N-dealkylation sites (N-methyl/N-ethyl adjacent to an activating group) is 1. The Labute approximate surface area is 121 Å². The number of hydrogen-bond acceptors (Lipinski definition) is 6. The van der Waals surface area contributed by atoms with E-state index in [0.717, 1.165) is 36.0 Å². The lowest BCUT2D eigenvalue weighted by molar-refractivity contribution is 0.497. The zero-order valence-electron chi connectivity index (χ0n) is 10.9. The van der Waals surface area contributed by atoms with Gasteiger partial charge < -0.3 is 9.73 Å². The molecular weight excluding hydrogens is 278 g/mol. The van der Waals surface area contributed by atoms with E-state index in [9.17, 15) is 0 Å². The maximum absolute atomic E-state index is 5.74. The van der Waals surface area contributed by atoms with Crippen LogP contribution in [-0.2, 0) is 18.6 Å². The topological polar surface area (TPSA) is 51.0 Å². The number of fused-ring (bicyclic) bond motifs is 1. The largest absolute Gasteiger partial charge is 0.420 e. The van der Waals surface area contributed by atoms with Crippen LogP contribution in [0.3, 0.4) is 0 Å². The molecule has 3 rings (SSSR count). The van der Waals surface area contributed by atoms with Crippen LogP contribution < -0.4 is 5.32 Å². The highest BCUT2D eigenvalue weighted by Crippen LogP contribution is 2.36. The molecule has 0 bridgehead atoms. The normalized spacial score (nSPS) is 14.6. The summed E-state index contributed by atoms with van der Waals surface area (Å²) in [6, 6.07) is 2.22. The molecule has 1 N–H and O–H groups in total. The van der Waals surface area contributed by atoms with Crippen LogP contribution in [0.1, 0.15) is 23.3 Å². The van der Waals surface area contributed by atoms with E-state index in [4.69, 9.17) is 4.42 Å². The molecule has 0 radical (unpaired) electrons. The Kier molecular flexibility index (Phi) is 4.20. The first-order valence-electron chi connectivity index (χ1n) is 6.59. The molecule has 0 saturated carbocycles. The fraction of sp³-hybridized carbons (Fsp3) is 0.538. The number of nitrogens with zero attached hydrogens (tertiary/aromatic N) is 2. The minimum absolute atomic E-state index is 0.677. The number of thioether (sulfide) groups is 1. The Morgan fingerprint density at radius 1 is 1.42 bits per heavy atom. The van der Waals surface area contributed by atoms with Gasteiger partial charge in [-0.2, -0.15) is 11.8 Å². The molecule has 4 nitrogen and oxygen atoms in total. The molecule has 0 fully saturated rings. The van der Waals surface area contributed by atoms with Crippen molar-refractivity contribution >= 4 is 23.1 Å². The van der Waals surface area contributed by atoms with Gasteiger partial charge in [-0.15, -0.1) is 21.5 Å². The predicted octanol–water partition coefficient (Wildman–Crippen LogP) is 2.74. The van der Waals surface area contributed by atoms with Crippen molar-refractivity contribution in [1.82, 2.24) is 15.5 Å². The van der Waals surface area contributed by atoms with Crippen molar-refractivity contribution in [2.45, 2.75) is 25.5 Å². The molecular formula is C13H17N3OS2. The van der Waals surface area contributed by atoms with E-state index < -0.39 is 0 Å². The maximum Gasteiger partial charge on any atom is 0.257 e. The van der Waals surface area contributed by atoms with Gasteiger partial charge in [0.05, 0.1) is 4.88 Å². The molecule has 0 spiro atoms. The predicted molar refractivity (Wildman–Crippen MR) is 79.7 cm³/mol. The highest BCUT2D eigenvalue weighted by molar-refractivity contribution is 7.98. The summed E-state index contributed by atoms with van der Waals surface area (Å²) in [6.45, 7) is 3.94. The Balaban J connectivity index is 1.73. The molecule has 1 aliphatic rings. The van der Waals surface area contributed by atoms with Crippen LogP contribution in [0.15, 0.2) is 10.5 Å². The average Bonchev–Trinajstić information content (AvgIpc) is 3.04. The monoisotopic (exact) mass is 295 g/mol. The van der Waals surface area contributed by atoms with E-state index in [0.29, 0.717) is 5.89 Å². The molecule has 3 heterocycles. The third-order valence-corrected chi connectivity index (χ3v) is 5.30. The average molecular weight is 295 g/mol. The number of aryl methyl sites for hydroxylation is 1. The number of aromatic nitrogens is 2. The van der Waals surface area contributed by atoms with E-state index in [1.54, 1.807) is 11.3 Å². The Morgan fingerprint density at radius 3 is 3.21 bits per heavy atom. The summed E-state index contributed by atoms with van der Waals surface area (Å²) in [5, 5.41) is 11.5. The van der Waals surface area contributed by atoms with Gasteiger partial charge in [0.2, 0.25) is 5.89 Å². The zero-order chi connectivity index (χ0) is 13.1. The highest BCUT2D eigenvalue weighted by Gasteiger charge is 2.17. The van der Waals surface area contributed by atoms with Crippen LogP contribution in [0.2, 0.25) is 0 Å². The third-order valence-electron chi connectivity index (χ3n) is 3.07. The van der Waals surface area contributed by atoms with Gasteiger partial charge in [0.15, 0.2) is 0 Å². The Hall–Kier alpha value is -0.850. The van der Waals surface area contributed by atoms with Crippen LogP contribution in [0.4, 0.5) is 0 Å². The summed E-state index contributed by atoms with van der Waals surface area (Å²) >= 11 is 3.80. The van der Waals surface area contributed by atoms with Crippen molar-refractivity contribution in [3.8, 4) is 10.8 Å². The van der Waals surface area contributed by atoms with Gasteiger partial charge in [-0.05, 0) is 30.3 Å². The summed E-state index contributed by atoms with van der Waals surface area (Å²) in [5.74, 6) is 3.74. The Morgan fingerprint density at radius 2 is 2.37 bits per heavy atom. The fourth-order valence-corrected chi connectivity index (χ4v) is 4.37. The first-order valence-corrected chi connectivity index (χ1v) is 8.56. The van der Waals surface area contributed by atoms with Gasteiger partial charge in [-0.1, -0.05) is 6.92 Å². The number of hydrogen-bond donors (Lipinski definition) is 1. The van der Waals surface area contributed by atoms with Gasteiger partial charge in [-0.25, -0.2) is 0 Å². The van der Waals surface area contributed by atoms with Gasteiger partial charge in [-0.3, -0.25) is 0 Å². The molecule has 0 aromatic carbocycles. The second-order valence-electron chi connectivity index (χ2n) is 4.47. The minimum atomic E-state index is 0.677. The second kappa shape index (κ2) is 6.07. The molecule has 2 aromatic rings. The lowest BCUT2D eigenvalue weighted by atomic mass is 10.2. The van der Waals surface area contributed by atoms with Crippen molar-refractivity contribution in [2.75, 3.05) is 18.8 Å². The lowest BCUT2D eigenvalue weighted by Gasteiger charge is -2.08. The quantitative estimate of drug-likeness (QED) is 0.860. The second-order valence-corrected chi connectivity index (χ2v) is 6.71. The first kappa shape index (κ1) is 13.1. The van der Waals surface area contributed by atoms with Crippen LogP contribution in [0.5, 0.6) is 0 Å². The smallest absolute Gasteiger partial charge is 0.257 e. The van der Waals surface area contributed by atoms with Crippen LogP contribution in [-0.4, -0.2) is 29.0 Å². The van der Waals surface area contributed by atoms with E-state index in [1.165, 1.54) is 22.6 Å². The van der Waals surface area contributed by atoms with Crippen LogP contribution >= 0.6 is 23.1 Å². The van der Waals surface area contributed by atoms with Gasteiger partial charge >= 0.3 is 0 Å². The molecule has 6 heteroatoms. The molecule has 0 atom stereocenters. The van der Waals surface area contributed by atoms with Crippen molar-refractivity contribution in [3.05, 3.63) is 22.4 Å². The summed E-state index contributed by atoms with van der Waals surface area (Å²) in [4.78, 5) is 2.61. The van der Waals surface area contributed by atoms with Crippen LogP contribution in [0.25, 0.3) is 10.8 Å². The highest BCUT2D eigenvalue weighted by atomic mass is 32.2. The van der Waals surface area contributed by atoms with Crippen molar-refractivity contribution in [1.29, 1.82) is 0 Å². The summed E-state index contributed by atoms with van der Waals surface area (Å²) in [6.07, 6.45) is 1.97. The SMILES string of the molecule is CCNCCc1nnc(-c2cc3c(s2)CCSC3)o1. The molecule has 0 unspecified atom stereocenters. The van der Waals surface area contributed by atoms with Gasteiger partial charge in [0, 0.05) is 23.6 Å². The maximum atomic E-state index is 5.74.